The normalized spacial score (nSPS) is 11.3. The van der Waals surface area contributed by atoms with Crippen molar-refractivity contribution in [2.45, 2.75) is 91.4 Å². The lowest BCUT2D eigenvalue weighted by Crippen LogP contribution is -2.15. The molecule has 26 heavy (non-hydrogen) atoms. The fraction of sp³-hybridized carbons (Fsp3) is 0.636. The lowest BCUT2D eigenvalue weighted by atomic mass is 9.87. The summed E-state index contributed by atoms with van der Waals surface area (Å²) < 4.78 is 11.0. The molecule has 0 radical (unpaired) electrons. The van der Waals surface area contributed by atoms with Crippen LogP contribution in [0.2, 0.25) is 0 Å². The summed E-state index contributed by atoms with van der Waals surface area (Å²) in [4.78, 5) is 24.2. The Morgan fingerprint density at radius 2 is 1.31 bits per heavy atom. The maximum absolute atomic E-state index is 12.1. The van der Waals surface area contributed by atoms with Gasteiger partial charge in [-0.2, -0.15) is 0 Å². The predicted molar refractivity (Wildman–Crippen MR) is 105 cm³/mol. The van der Waals surface area contributed by atoms with Crippen molar-refractivity contribution >= 4 is 11.9 Å². The van der Waals surface area contributed by atoms with Crippen molar-refractivity contribution in [3.8, 4) is 11.5 Å². The second-order valence-corrected chi connectivity index (χ2v) is 7.77. The smallest absolute Gasteiger partial charge is 0.311 e. The molecule has 0 aliphatic carbocycles. The zero-order valence-corrected chi connectivity index (χ0v) is 17.0. The van der Waals surface area contributed by atoms with Crippen molar-refractivity contribution in [2.24, 2.45) is 0 Å². The average Bonchev–Trinajstić information content (AvgIpc) is 2.56. The first-order valence-electron chi connectivity index (χ1n) is 9.83. The first-order chi connectivity index (χ1) is 12.3. The summed E-state index contributed by atoms with van der Waals surface area (Å²) in [5.41, 5.74) is 0.937. The lowest BCUT2D eigenvalue weighted by Gasteiger charge is -2.21. The van der Waals surface area contributed by atoms with Crippen LogP contribution in [0, 0.1) is 0 Å². The topological polar surface area (TPSA) is 52.6 Å². The number of rotatable bonds is 10. The number of carbonyl (C=O) groups is 2. The van der Waals surface area contributed by atoms with E-state index in [2.05, 4.69) is 34.6 Å². The minimum Gasteiger partial charge on any atom is -0.423 e. The van der Waals surface area contributed by atoms with Gasteiger partial charge in [0.15, 0.2) is 11.5 Å². The lowest BCUT2D eigenvalue weighted by molar-refractivity contribution is -0.137. The summed E-state index contributed by atoms with van der Waals surface area (Å²) in [5.74, 6) is 0.0872. The predicted octanol–water partition coefficient (Wildman–Crippen LogP) is 5.96. The number of benzene rings is 1. The van der Waals surface area contributed by atoms with Crippen LogP contribution in [-0.2, 0) is 15.0 Å². The molecule has 0 aliphatic rings. The Bertz CT molecular complexity index is 584. The standard InChI is InChI=1S/C22H34O4/c1-6-8-10-12-20(23)25-18-15-14-17(22(3,4)5)16-19(18)26-21(24)13-11-9-7-2/h14-16H,6-13H2,1-5H3. The van der Waals surface area contributed by atoms with Gasteiger partial charge < -0.3 is 9.47 Å². The highest BCUT2D eigenvalue weighted by Crippen LogP contribution is 2.34. The summed E-state index contributed by atoms with van der Waals surface area (Å²) in [6, 6.07) is 5.46. The van der Waals surface area contributed by atoms with Crippen molar-refractivity contribution in [3.63, 3.8) is 0 Å². The highest BCUT2D eigenvalue weighted by atomic mass is 16.6. The van der Waals surface area contributed by atoms with Gasteiger partial charge in [0, 0.05) is 12.8 Å². The van der Waals surface area contributed by atoms with Gasteiger partial charge in [-0.05, 0) is 36.0 Å². The second kappa shape index (κ2) is 11.0. The molecule has 146 valence electrons. The molecule has 4 nitrogen and oxygen atoms in total. The van der Waals surface area contributed by atoms with Crippen LogP contribution in [0.15, 0.2) is 18.2 Å². The number of carbonyl (C=O) groups excluding carboxylic acids is 2. The number of unbranched alkanes of at least 4 members (excludes halogenated alkanes) is 4. The Morgan fingerprint density at radius 1 is 0.808 bits per heavy atom. The van der Waals surface area contributed by atoms with E-state index < -0.39 is 0 Å². The zero-order chi connectivity index (χ0) is 19.6. The Morgan fingerprint density at radius 3 is 1.77 bits per heavy atom. The Balaban J connectivity index is 2.90. The highest BCUT2D eigenvalue weighted by molar-refractivity contribution is 5.76. The Labute approximate surface area is 158 Å². The molecule has 1 aromatic carbocycles. The molecule has 0 N–H and O–H groups in total. The van der Waals surface area contributed by atoms with Gasteiger partial charge >= 0.3 is 11.9 Å². The van der Waals surface area contributed by atoms with Gasteiger partial charge in [-0.25, -0.2) is 0 Å². The van der Waals surface area contributed by atoms with E-state index in [4.69, 9.17) is 9.47 Å². The number of esters is 2. The van der Waals surface area contributed by atoms with Gasteiger partial charge in [-0.3, -0.25) is 9.59 Å². The summed E-state index contributed by atoms with van der Waals surface area (Å²) >= 11 is 0. The minimum atomic E-state index is -0.287. The van der Waals surface area contributed by atoms with Crippen molar-refractivity contribution in [1.82, 2.24) is 0 Å². The quantitative estimate of drug-likeness (QED) is 0.293. The van der Waals surface area contributed by atoms with Crippen LogP contribution >= 0.6 is 0 Å². The molecule has 0 aromatic heterocycles. The fourth-order valence-corrected chi connectivity index (χ4v) is 2.52. The van der Waals surface area contributed by atoms with Crippen molar-refractivity contribution in [2.75, 3.05) is 0 Å². The van der Waals surface area contributed by atoms with Gasteiger partial charge in [-0.1, -0.05) is 66.4 Å². The maximum atomic E-state index is 12.1. The first kappa shape index (κ1) is 22.2. The van der Waals surface area contributed by atoms with E-state index >= 15 is 0 Å². The third kappa shape index (κ3) is 8.03. The molecular formula is C22H34O4. The van der Waals surface area contributed by atoms with Crippen LogP contribution in [0.1, 0.15) is 91.5 Å². The molecule has 0 unspecified atom stereocenters. The molecule has 1 rings (SSSR count). The van der Waals surface area contributed by atoms with Crippen LogP contribution in [-0.4, -0.2) is 11.9 Å². The van der Waals surface area contributed by atoms with Crippen LogP contribution in [0.25, 0.3) is 0 Å². The van der Waals surface area contributed by atoms with Crippen molar-refractivity contribution in [3.05, 3.63) is 23.8 Å². The number of ether oxygens (including phenoxy) is 2. The minimum absolute atomic E-state index is 0.0902. The molecule has 4 heteroatoms. The molecule has 0 saturated carbocycles. The molecule has 0 spiro atoms. The van der Waals surface area contributed by atoms with Crippen LogP contribution in [0.3, 0.4) is 0 Å². The van der Waals surface area contributed by atoms with E-state index in [1.807, 2.05) is 12.1 Å². The van der Waals surface area contributed by atoms with E-state index in [0.717, 1.165) is 44.1 Å². The van der Waals surface area contributed by atoms with Crippen molar-refractivity contribution in [1.29, 1.82) is 0 Å². The second-order valence-electron chi connectivity index (χ2n) is 7.77. The third-order valence-corrected chi connectivity index (χ3v) is 4.23. The molecule has 0 heterocycles. The average molecular weight is 363 g/mol. The molecule has 0 fully saturated rings. The highest BCUT2D eigenvalue weighted by Gasteiger charge is 2.19. The fourth-order valence-electron chi connectivity index (χ4n) is 2.52. The molecule has 0 saturated heterocycles. The van der Waals surface area contributed by atoms with Crippen LogP contribution in [0.5, 0.6) is 11.5 Å². The van der Waals surface area contributed by atoms with Gasteiger partial charge in [0.05, 0.1) is 0 Å². The van der Waals surface area contributed by atoms with Crippen LogP contribution < -0.4 is 9.47 Å². The van der Waals surface area contributed by atoms with Gasteiger partial charge in [0.2, 0.25) is 0 Å². The van der Waals surface area contributed by atoms with Crippen molar-refractivity contribution < 1.29 is 19.1 Å². The Hall–Kier alpha value is -1.84. The Kier molecular flexibility index (Phi) is 9.39. The van der Waals surface area contributed by atoms with Gasteiger partial charge in [-0.15, -0.1) is 0 Å². The van der Waals surface area contributed by atoms with E-state index in [1.165, 1.54) is 0 Å². The van der Waals surface area contributed by atoms with E-state index in [-0.39, 0.29) is 17.4 Å². The van der Waals surface area contributed by atoms with Gasteiger partial charge in [0.1, 0.15) is 0 Å². The maximum Gasteiger partial charge on any atom is 0.311 e. The molecule has 0 amide bonds. The molecule has 0 aliphatic heterocycles. The summed E-state index contributed by atoms with van der Waals surface area (Å²) in [5, 5.41) is 0. The molecule has 1 aromatic rings. The summed E-state index contributed by atoms with van der Waals surface area (Å²) in [6.07, 6.45) is 6.45. The number of hydrogen-bond donors (Lipinski definition) is 0. The van der Waals surface area contributed by atoms with E-state index in [1.54, 1.807) is 6.07 Å². The number of hydrogen-bond acceptors (Lipinski definition) is 4. The largest absolute Gasteiger partial charge is 0.423 e. The van der Waals surface area contributed by atoms with Gasteiger partial charge in [0.25, 0.3) is 0 Å². The monoisotopic (exact) mass is 362 g/mol. The van der Waals surface area contributed by atoms with E-state index in [0.29, 0.717) is 24.3 Å². The summed E-state index contributed by atoms with van der Waals surface area (Å²) in [6.45, 7) is 10.4. The molecule has 0 atom stereocenters. The SMILES string of the molecule is CCCCCC(=O)Oc1ccc(C(C)(C)C)cc1OC(=O)CCCCC. The van der Waals surface area contributed by atoms with Crippen LogP contribution in [0.4, 0.5) is 0 Å². The molecule has 0 bridgehead atoms. The van der Waals surface area contributed by atoms with E-state index in [9.17, 15) is 9.59 Å². The first-order valence-corrected chi connectivity index (χ1v) is 9.83. The third-order valence-electron chi connectivity index (χ3n) is 4.23. The zero-order valence-electron chi connectivity index (χ0n) is 17.0. The molecular weight excluding hydrogens is 328 g/mol. The summed E-state index contributed by atoms with van der Waals surface area (Å²) in [7, 11) is 0.